The Balaban J connectivity index is 1.89. The molecule has 0 unspecified atom stereocenters. The van der Waals surface area contributed by atoms with Crippen molar-refractivity contribution in [1.82, 2.24) is 9.71 Å². The van der Waals surface area contributed by atoms with E-state index in [0.717, 1.165) is 0 Å². The van der Waals surface area contributed by atoms with Crippen molar-refractivity contribution < 1.29 is 12.8 Å². The molecule has 4 nitrogen and oxygen atoms in total. The van der Waals surface area contributed by atoms with Gasteiger partial charge in [0, 0.05) is 19.2 Å². The average molecular weight is 318 g/mol. The molecule has 2 aromatic rings. The first-order valence-electron chi connectivity index (χ1n) is 6.66. The molecule has 0 aliphatic heterocycles. The van der Waals surface area contributed by atoms with Crippen molar-refractivity contribution in [3.8, 4) is 11.8 Å². The van der Waals surface area contributed by atoms with Crippen LogP contribution in [0.15, 0.2) is 53.6 Å². The number of sulfonamides is 1. The molecule has 0 amide bonds. The number of aromatic nitrogens is 1. The molecule has 22 heavy (non-hydrogen) atoms. The second-order valence-electron chi connectivity index (χ2n) is 4.44. The first-order chi connectivity index (χ1) is 10.6. The molecule has 1 aromatic carbocycles. The van der Waals surface area contributed by atoms with E-state index >= 15 is 0 Å². The highest BCUT2D eigenvalue weighted by atomic mass is 32.2. The van der Waals surface area contributed by atoms with Crippen molar-refractivity contribution in [1.29, 1.82) is 0 Å². The summed E-state index contributed by atoms with van der Waals surface area (Å²) in [6.07, 6.45) is 2.02. The largest absolute Gasteiger partial charge is 0.248 e. The Morgan fingerprint density at radius 2 is 1.91 bits per heavy atom. The molecule has 0 radical (unpaired) electrons. The molecule has 114 valence electrons. The predicted octanol–water partition coefficient (Wildman–Crippen LogP) is 2.27. The van der Waals surface area contributed by atoms with Crippen molar-refractivity contribution >= 4 is 10.0 Å². The Kier molecular flexibility index (Phi) is 5.64. The molecule has 0 aliphatic carbocycles. The van der Waals surface area contributed by atoms with Crippen molar-refractivity contribution in [2.75, 3.05) is 6.54 Å². The quantitative estimate of drug-likeness (QED) is 0.679. The van der Waals surface area contributed by atoms with Crippen LogP contribution in [0.3, 0.4) is 0 Å². The molecule has 0 bridgehead atoms. The second-order valence-corrected chi connectivity index (χ2v) is 6.21. The van der Waals surface area contributed by atoms with Gasteiger partial charge in [-0.2, -0.15) is 0 Å². The van der Waals surface area contributed by atoms with Crippen LogP contribution < -0.4 is 4.72 Å². The summed E-state index contributed by atoms with van der Waals surface area (Å²) in [4.78, 5) is 4.16. The van der Waals surface area contributed by atoms with Crippen molar-refractivity contribution in [2.45, 2.75) is 18.0 Å². The zero-order valence-corrected chi connectivity index (χ0v) is 12.6. The second kappa shape index (κ2) is 7.69. The van der Waals surface area contributed by atoms with Gasteiger partial charge in [0.15, 0.2) is 0 Å². The number of nitrogens with zero attached hydrogens (tertiary/aromatic N) is 1. The van der Waals surface area contributed by atoms with E-state index in [4.69, 9.17) is 0 Å². The monoisotopic (exact) mass is 318 g/mol. The predicted molar refractivity (Wildman–Crippen MR) is 82.2 cm³/mol. The van der Waals surface area contributed by atoms with Crippen LogP contribution in [0.2, 0.25) is 0 Å². The van der Waals surface area contributed by atoms with Gasteiger partial charge in [-0.1, -0.05) is 24.1 Å². The summed E-state index contributed by atoms with van der Waals surface area (Å²) in [5.74, 6) is 5.70. The third kappa shape index (κ3) is 4.65. The fourth-order valence-electron chi connectivity index (χ4n) is 1.68. The molecule has 1 aromatic heterocycles. The van der Waals surface area contributed by atoms with Crippen LogP contribution in [0.1, 0.15) is 17.7 Å². The van der Waals surface area contributed by atoms with Gasteiger partial charge in [0.25, 0.3) is 0 Å². The van der Waals surface area contributed by atoms with E-state index in [1.54, 1.807) is 18.3 Å². The lowest BCUT2D eigenvalue weighted by atomic mass is 10.2. The van der Waals surface area contributed by atoms with Gasteiger partial charge in [-0.15, -0.1) is 0 Å². The number of hydrogen-bond donors (Lipinski definition) is 1. The van der Waals surface area contributed by atoms with E-state index in [1.165, 1.54) is 24.3 Å². The molecule has 0 fully saturated rings. The maximum atomic E-state index is 12.4. The van der Waals surface area contributed by atoms with Crippen LogP contribution in [0.4, 0.5) is 4.39 Å². The highest BCUT2D eigenvalue weighted by molar-refractivity contribution is 7.89. The smallest absolute Gasteiger partial charge is 0.240 e. The van der Waals surface area contributed by atoms with Crippen LogP contribution in [0.25, 0.3) is 0 Å². The summed E-state index contributed by atoms with van der Waals surface area (Å²) in [5, 5.41) is 0. The van der Waals surface area contributed by atoms with Crippen LogP contribution in [0.5, 0.6) is 0 Å². The first kappa shape index (κ1) is 16.1. The molecule has 0 spiro atoms. The van der Waals surface area contributed by atoms with Gasteiger partial charge < -0.3 is 0 Å². The van der Waals surface area contributed by atoms with Gasteiger partial charge >= 0.3 is 0 Å². The Labute approximate surface area is 129 Å². The molecular formula is C16H15FN2O2S. The van der Waals surface area contributed by atoms with Gasteiger partial charge in [-0.05, 0) is 35.7 Å². The minimum Gasteiger partial charge on any atom is -0.248 e. The maximum absolute atomic E-state index is 12.4. The van der Waals surface area contributed by atoms with Crippen molar-refractivity contribution in [2.24, 2.45) is 0 Å². The SMILES string of the molecule is O=S(=O)(NCCC#Cc1ccccn1)c1ccc(CF)cc1. The first-order valence-corrected chi connectivity index (χ1v) is 8.14. The maximum Gasteiger partial charge on any atom is 0.240 e. The van der Waals surface area contributed by atoms with E-state index in [1.807, 2.05) is 6.07 Å². The summed E-state index contributed by atoms with van der Waals surface area (Å²) in [6.45, 7) is -0.413. The van der Waals surface area contributed by atoms with Gasteiger partial charge in [-0.3, -0.25) is 0 Å². The molecule has 0 saturated heterocycles. The molecule has 1 N–H and O–H groups in total. The molecule has 0 saturated carbocycles. The van der Waals surface area contributed by atoms with Gasteiger partial charge in [-0.25, -0.2) is 22.5 Å². The van der Waals surface area contributed by atoms with Crippen molar-refractivity contribution in [3.63, 3.8) is 0 Å². The minimum atomic E-state index is -3.59. The number of hydrogen-bond acceptors (Lipinski definition) is 3. The van der Waals surface area contributed by atoms with E-state index in [2.05, 4.69) is 21.5 Å². The molecule has 0 atom stereocenters. The molecule has 2 rings (SSSR count). The number of alkyl halides is 1. The summed E-state index contributed by atoms with van der Waals surface area (Å²) in [6, 6.07) is 11.1. The van der Waals surface area contributed by atoms with Crippen molar-refractivity contribution in [3.05, 3.63) is 59.9 Å². The van der Waals surface area contributed by atoms with Crippen LogP contribution in [-0.4, -0.2) is 19.9 Å². The normalized spacial score (nSPS) is 10.8. The van der Waals surface area contributed by atoms with Gasteiger partial charge in [0.05, 0.1) is 4.90 Å². The topological polar surface area (TPSA) is 59.1 Å². The number of rotatable bonds is 5. The lowest BCUT2D eigenvalue weighted by Gasteiger charge is -2.05. The number of nitrogens with one attached hydrogen (secondary N) is 1. The van der Waals surface area contributed by atoms with Gasteiger partial charge in [0.2, 0.25) is 10.0 Å². The molecule has 0 aliphatic rings. The van der Waals surface area contributed by atoms with E-state index in [-0.39, 0.29) is 11.4 Å². The molecule has 1 heterocycles. The average Bonchev–Trinajstić information content (AvgIpc) is 2.55. The van der Waals surface area contributed by atoms with Gasteiger partial charge in [0.1, 0.15) is 12.4 Å². The number of benzene rings is 1. The zero-order chi connectivity index (χ0) is 15.8. The Morgan fingerprint density at radius 3 is 2.55 bits per heavy atom. The third-order valence-corrected chi connectivity index (χ3v) is 4.29. The highest BCUT2D eigenvalue weighted by Gasteiger charge is 2.12. The van der Waals surface area contributed by atoms with E-state index < -0.39 is 16.7 Å². The zero-order valence-electron chi connectivity index (χ0n) is 11.8. The standard InChI is InChI=1S/C16H15FN2O2S/c17-13-14-7-9-16(10-8-14)22(20,21)19-12-4-2-6-15-5-1-3-11-18-15/h1,3,5,7-11,19H,4,12-13H2. The number of pyridine rings is 1. The molecular weight excluding hydrogens is 303 g/mol. The fourth-order valence-corrected chi connectivity index (χ4v) is 2.71. The minimum absolute atomic E-state index is 0.113. The Morgan fingerprint density at radius 1 is 1.14 bits per heavy atom. The Bertz CT molecular complexity index is 763. The third-order valence-electron chi connectivity index (χ3n) is 2.81. The lowest BCUT2D eigenvalue weighted by molar-refractivity contribution is 0.485. The van der Waals surface area contributed by atoms with Crippen LogP contribution in [-0.2, 0) is 16.7 Å². The number of halogens is 1. The van der Waals surface area contributed by atoms with E-state index in [9.17, 15) is 12.8 Å². The van der Waals surface area contributed by atoms with Crippen LogP contribution in [0, 0.1) is 11.8 Å². The molecule has 6 heteroatoms. The summed E-state index contributed by atoms with van der Waals surface area (Å²) < 4.78 is 38.8. The highest BCUT2D eigenvalue weighted by Crippen LogP contribution is 2.11. The van der Waals surface area contributed by atoms with E-state index in [0.29, 0.717) is 17.7 Å². The van der Waals surface area contributed by atoms with Crippen LogP contribution >= 0.6 is 0 Å². The fraction of sp³-hybridized carbons (Fsp3) is 0.188. The summed E-state index contributed by atoms with van der Waals surface area (Å²) in [5.41, 5.74) is 1.09. The Hall–Kier alpha value is -2.23. The summed E-state index contributed by atoms with van der Waals surface area (Å²) in [7, 11) is -3.59. The lowest BCUT2D eigenvalue weighted by Crippen LogP contribution is -2.24. The summed E-state index contributed by atoms with van der Waals surface area (Å²) >= 11 is 0.